The van der Waals surface area contributed by atoms with E-state index in [-0.39, 0.29) is 11.7 Å². The zero-order chi connectivity index (χ0) is 16.2. The normalized spacial score (nSPS) is 10.8. The van der Waals surface area contributed by atoms with Crippen LogP contribution >= 0.6 is 11.8 Å². The summed E-state index contributed by atoms with van der Waals surface area (Å²) in [5.74, 6) is 0.626. The van der Waals surface area contributed by atoms with Crippen molar-refractivity contribution in [2.24, 2.45) is 12.8 Å². The molecular weight excluding hydrogens is 310 g/mol. The molecule has 0 saturated carbocycles. The molecule has 0 saturated heterocycles. The molecule has 0 radical (unpaired) electrons. The molecule has 0 atom stereocenters. The average Bonchev–Trinajstić information content (AvgIpc) is 3.13. The van der Waals surface area contributed by atoms with Crippen LogP contribution in [0.3, 0.4) is 0 Å². The second-order valence-corrected chi connectivity index (χ2v) is 6.05. The number of carbonyl (C=O) groups is 1. The van der Waals surface area contributed by atoms with E-state index in [1.165, 1.54) is 11.8 Å². The molecule has 118 valence electrons. The van der Waals surface area contributed by atoms with Crippen molar-refractivity contribution in [1.29, 1.82) is 0 Å². The summed E-state index contributed by atoms with van der Waals surface area (Å²) in [6.07, 6.45) is 2.66. The highest BCUT2D eigenvalue weighted by molar-refractivity contribution is 7.99. The van der Waals surface area contributed by atoms with Gasteiger partial charge in [0.25, 0.3) is 0 Å². The van der Waals surface area contributed by atoms with Crippen molar-refractivity contribution >= 4 is 17.7 Å². The van der Waals surface area contributed by atoms with Crippen LogP contribution in [0.2, 0.25) is 0 Å². The Morgan fingerprint density at radius 3 is 2.61 bits per heavy atom. The maximum Gasteiger partial charge on any atom is 0.227 e. The van der Waals surface area contributed by atoms with Gasteiger partial charge in [0.1, 0.15) is 5.82 Å². The van der Waals surface area contributed by atoms with Gasteiger partial charge in [-0.2, -0.15) is 0 Å². The monoisotopic (exact) mass is 327 g/mol. The van der Waals surface area contributed by atoms with Gasteiger partial charge in [0.05, 0.1) is 5.75 Å². The Bertz CT molecular complexity index is 809. The fraction of sp³-hybridized carbons (Fsp3) is 0.188. The maximum absolute atomic E-state index is 11.1. The van der Waals surface area contributed by atoms with E-state index < -0.39 is 0 Å². The van der Waals surface area contributed by atoms with Gasteiger partial charge in [-0.15, -0.1) is 10.2 Å². The Hall–Kier alpha value is -2.54. The van der Waals surface area contributed by atoms with Crippen LogP contribution in [0.25, 0.3) is 5.69 Å². The van der Waals surface area contributed by atoms with E-state index in [4.69, 9.17) is 5.73 Å². The molecule has 23 heavy (non-hydrogen) atoms. The van der Waals surface area contributed by atoms with Crippen LogP contribution in [0, 0.1) is 0 Å². The maximum atomic E-state index is 11.1. The summed E-state index contributed by atoms with van der Waals surface area (Å²) in [5.41, 5.74) is 7.35. The number of hydrogen-bond donors (Lipinski definition) is 1. The van der Waals surface area contributed by atoms with Crippen LogP contribution in [0.1, 0.15) is 11.5 Å². The molecule has 6 nitrogen and oxygen atoms in total. The predicted molar refractivity (Wildman–Crippen MR) is 89.5 cm³/mol. The smallest absolute Gasteiger partial charge is 0.227 e. The standard InChI is InChI=1S/C16H17N5OS/c1-20-9-5-8-13(20)10-15-18-19-16(23-11-14(17)22)21(15)12-6-3-2-4-7-12/h2-9H,10-11H2,1H3,(H2,17,22). The van der Waals surface area contributed by atoms with Crippen molar-refractivity contribution in [3.05, 3.63) is 60.2 Å². The third-order valence-electron chi connectivity index (χ3n) is 3.45. The molecule has 0 aliphatic rings. The summed E-state index contributed by atoms with van der Waals surface area (Å²) in [4.78, 5) is 11.1. The van der Waals surface area contributed by atoms with Gasteiger partial charge >= 0.3 is 0 Å². The van der Waals surface area contributed by atoms with E-state index in [0.717, 1.165) is 17.2 Å². The fourth-order valence-corrected chi connectivity index (χ4v) is 3.03. The molecule has 3 aromatic rings. The van der Waals surface area contributed by atoms with Crippen molar-refractivity contribution in [3.63, 3.8) is 0 Å². The lowest BCUT2D eigenvalue weighted by Crippen LogP contribution is -2.14. The van der Waals surface area contributed by atoms with Crippen molar-refractivity contribution in [2.75, 3.05) is 5.75 Å². The Balaban J connectivity index is 1.99. The van der Waals surface area contributed by atoms with Gasteiger partial charge < -0.3 is 10.3 Å². The highest BCUT2D eigenvalue weighted by Crippen LogP contribution is 2.23. The van der Waals surface area contributed by atoms with Gasteiger partial charge in [-0.3, -0.25) is 9.36 Å². The number of nitrogens with zero attached hydrogens (tertiary/aromatic N) is 4. The van der Waals surface area contributed by atoms with Crippen LogP contribution in [-0.2, 0) is 18.3 Å². The number of thioether (sulfide) groups is 1. The quantitative estimate of drug-likeness (QED) is 0.700. The number of amides is 1. The number of rotatable bonds is 6. The molecule has 7 heteroatoms. The summed E-state index contributed by atoms with van der Waals surface area (Å²) in [6.45, 7) is 0. The Kier molecular flexibility index (Phi) is 4.47. The number of carbonyl (C=O) groups excluding carboxylic acids is 1. The first kappa shape index (κ1) is 15.4. The molecule has 0 aliphatic carbocycles. The first-order chi connectivity index (χ1) is 11.1. The lowest BCUT2D eigenvalue weighted by atomic mass is 10.2. The third-order valence-corrected chi connectivity index (χ3v) is 4.40. The van der Waals surface area contributed by atoms with Gasteiger partial charge in [-0.1, -0.05) is 30.0 Å². The fourth-order valence-electron chi connectivity index (χ4n) is 2.32. The molecular formula is C16H17N5OS. The topological polar surface area (TPSA) is 78.7 Å². The van der Waals surface area contributed by atoms with E-state index in [0.29, 0.717) is 11.6 Å². The van der Waals surface area contributed by atoms with Gasteiger partial charge in [-0.05, 0) is 24.3 Å². The minimum absolute atomic E-state index is 0.176. The van der Waals surface area contributed by atoms with E-state index in [2.05, 4.69) is 20.8 Å². The van der Waals surface area contributed by atoms with Crippen LogP contribution in [0.15, 0.2) is 53.8 Å². The highest BCUT2D eigenvalue weighted by atomic mass is 32.2. The molecule has 1 aromatic carbocycles. The van der Waals surface area contributed by atoms with E-state index in [1.54, 1.807) is 0 Å². The molecule has 2 heterocycles. The largest absolute Gasteiger partial charge is 0.369 e. The average molecular weight is 327 g/mol. The molecule has 3 rings (SSSR count). The number of hydrogen-bond acceptors (Lipinski definition) is 4. The summed E-state index contributed by atoms with van der Waals surface area (Å²) in [6, 6.07) is 13.9. The molecule has 2 aromatic heterocycles. The first-order valence-corrected chi connectivity index (χ1v) is 8.14. The van der Waals surface area contributed by atoms with Crippen LogP contribution in [0.5, 0.6) is 0 Å². The number of primary amides is 1. The Morgan fingerprint density at radius 1 is 1.17 bits per heavy atom. The molecule has 0 bridgehead atoms. The van der Waals surface area contributed by atoms with Crippen LogP contribution in [-0.4, -0.2) is 31.0 Å². The van der Waals surface area contributed by atoms with Crippen molar-refractivity contribution in [3.8, 4) is 5.69 Å². The molecule has 0 unspecified atom stereocenters. The summed E-state index contributed by atoms with van der Waals surface area (Å²) >= 11 is 1.30. The minimum Gasteiger partial charge on any atom is -0.369 e. The lowest BCUT2D eigenvalue weighted by Gasteiger charge is -2.10. The van der Waals surface area contributed by atoms with Crippen molar-refractivity contribution in [2.45, 2.75) is 11.6 Å². The van der Waals surface area contributed by atoms with E-state index >= 15 is 0 Å². The van der Waals surface area contributed by atoms with Gasteiger partial charge in [0.2, 0.25) is 5.91 Å². The Morgan fingerprint density at radius 2 is 1.96 bits per heavy atom. The zero-order valence-corrected chi connectivity index (χ0v) is 13.5. The summed E-state index contributed by atoms with van der Waals surface area (Å²) in [5, 5.41) is 9.21. The van der Waals surface area contributed by atoms with Crippen molar-refractivity contribution in [1.82, 2.24) is 19.3 Å². The molecule has 1 amide bonds. The minimum atomic E-state index is -0.374. The number of aryl methyl sites for hydroxylation is 1. The zero-order valence-electron chi connectivity index (χ0n) is 12.7. The number of para-hydroxylation sites is 1. The number of benzene rings is 1. The number of aromatic nitrogens is 4. The first-order valence-electron chi connectivity index (χ1n) is 7.16. The van der Waals surface area contributed by atoms with Crippen LogP contribution in [0.4, 0.5) is 0 Å². The summed E-state index contributed by atoms with van der Waals surface area (Å²) in [7, 11) is 2.00. The molecule has 0 spiro atoms. The second-order valence-electron chi connectivity index (χ2n) is 5.11. The van der Waals surface area contributed by atoms with Crippen molar-refractivity contribution < 1.29 is 4.79 Å². The second kappa shape index (κ2) is 6.70. The lowest BCUT2D eigenvalue weighted by molar-refractivity contribution is -0.115. The molecule has 2 N–H and O–H groups in total. The van der Waals surface area contributed by atoms with Gasteiger partial charge in [0.15, 0.2) is 5.16 Å². The Labute approximate surface area is 138 Å². The third kappa shape index (κ3) is 3.45. The molecule has 0 fully saturated rings. The van der Waals surface area contributed by atoms with E-state index in [1.807, 2.05) is 54.2 Å². The number of nitrogens with two attached hydrogens (primary N) is 1. The van der Waals surface area contributed by atoms with Gasteiger partial charge in [0, 0.05) is 31.0 Å². The highest BCUT2D eigenvalue weighted by Gasteiger charge is 2.16. The van der Waals surface area contributed by atoms with E-state index in [9.17, 15) is 4.79 Å². The SMILES string of the molecule is Cn1cccc1Cc1nnc(SCC(N)=O)n1-c1ccccc1. The summed E-state index contributed by atoms with van der Waals surface area (Å²) < 4.78 is 4.03. The predicted octanol–water partition coefficient (Wildman–Crippen LogP) is 1.77. The van der Waals surface area contributed by atoms with Crippen LogP contribution < -0.4 is 5.73 Å². The van der Waals surface area contributed by atoms with Gasteiger partial charge in [-0.25, -0.2) is 0 Å². The molecule has 0 aliphatic heterocycles.